The maximum atomic E-state index is 11.1. The zero-order valence-corrected chi connectivity index (χ0v) is 7.30. The molecule has 66 valence electrons. The molecular weight excluding hydrogens is 158 g/mol. The van der Waals surface area contributed by atoms with Crippen LogP contribution in [0.3, 0.4) is 0 Å². The van der Waals surface area contributed by atoms with Crippen LogP contribution >= 0.6 is 0 Å². The summed E-state index contributed by atoms with van der Waals surface area (Å²) >= 11 is 0. The molecule has 12 heavy (non-hydrogen) atoms. The molecule has 0 bridgehead atoms. The van der Waals surface area contributed by atoms with Crippen molar-refractivity contribution in [1.29, 1.82) is 0 Å². The van der Waals surface area contributed by atoms with E-state index in [0.29, 0.717) is 0 Å². The Bertz CT molecular complexity index is 271. The Kier molecular flexibility index (Phi) is 2.50. The summed E-state index contributed by atoms with van der Waals surface area (Å²) in [5.41, 5.74) is 3.12. The van der Waals surface area contributed by atoms with Crippen LogP contribution < -0.4 is 5.48 Å². The van der Waals surface area contributed by atoms with Gasteiger partial charge in [-0.15, -0.1) is 0 Å². The second-order valence-electron chi connectivity index (χ2n) is 2.49. The van der Waals surface area contributed by atoms with E-state index in [9.17, 15) is 4.79 Å². The summed E-state index contributed by atoms with van der Waals surface area (Å²) in [6, 6.07) is 1.67. The van der Waals surface area contributed by atoms with Crippen molar-refractivity contribution in [3.63, 3.8) is 0 Å². The van der Waals surface area contributed by atoms with Crippen LogP contribution in [0.1, 0.15) is 21.9 Å². The second kappa shape index (κ2) is 3.40. The van der Waals surface area contributed by atoms with Gasteiger partial charge in [0.1, 0.15) is 5.76 Å². The lowest BCUT2D eigenvalue weighted by Crippen LogP contribution is -2.21. The molecule has 0 aliphatic rings. The molecule has 0 aliphatic heterocycles. The number of rotatable bonds is 2. The molecule has 1 N–H and O–H groups in total. The Morgan fingerprint density at radius 1 is 1.58 bits per heavy atom. The van der Waals surface area contributed by atoms with Crippen molar-refractivity contribution >= 4 is 5.91 Å². The van der Waals surface area contributed by atoms with Gasteiger partial charge in [0, 0.05) is 0 Å². The fraction of sp³-hybridized carbons (Fsp3) is 0.375. The third-order valence-corrected chi connectivity index (χ3v) is 1.58. The Morgan fingerprint density at radius 3 is 2.67 bits per heavy atom. The van der Waals surface area contributed by atoms with E-state index in [1.807, 2.05) is 6.92 Å². The third kappa shape index (κ3) is 1.65. The number of hydroxylamine groups is 1. The number of hydrogen-bond acceptors (Lipinski definition) is 3. The Balaban J connectivity index is 2.82. The standard InChI is InChI=1S/C8H11NO3/c1-5-4-7(12-6(5)2)8(10)9-11-3/h4H,1-3H3,(H,9,10). The molecule has 0 atom stereocenters. The molecule has 4 nitrogen and oxygen atoms in total. The number of hydrogen-bond donors (Lipinski definition) is 1. The first kappa shape index (κ1) is 8.80. The van der Waals surface area contributed by atoms with Gasteiger partial charge >= 0.3 is 5.91 Å². The molecule has 1 rings (SSSR count). The van der Waals surface area contributed by atoms with Gasteiger partial charge in [-0.05, 0) is 25.5 Å². The molecule has 0 radical (unpaired) electrons. The molecule has 0 aromatic carbocycles. The predicted molar refractivity (Wildman–Crippen MR) is 42.7 cm³/mol. The van der Waals surface area contributed by atoms with Gasteiger partial charge in [-0.25, -0.2) is 5.48 Å². The van der Waals surface area contributed by atoms with E-state index in [4.69, 9.17) is 4.42 Å². The SMILES string of the molecule is CONC(=O)c1cc(C)c(C)o1. The molecule has 1 aromatic rings. The van der Waals surface area contributed by atoms with Crippen molar-refractivity contribution in [2.75, 3.05) is 7.11 Å². The van der Waals surface area contributed by atoms with Crippen LogP contribution in [0, 0.1) is 13.8 Å². The van der Waals surface area contributed by atoms with E-state index in [0.717, 1.165) is 11.3 Å². The first-order valence-electron chi connectivity index (χ1n) is 3.55. The first-order chi connectivity index (χ1) is 5.65. The number of carbonyl (C=O) groups is 1. The van der Waals surface area contributed by atoms with Crippen LogP contribution in [0.4, 0.5) is 0 Å². The topological polar surface area (TPSA) is 51.5 Å². The molecular formula is C8H11NO3. The maximum absolute atomic E-state index is 11.1. The molecule has 0 spiro atoms. The van der Waals surface area contributed by atoms with E-state index in [-0.39, 0.29) is 11.7 Å². The minimum absolute atomic E-state index is 0.270. The second-order valence-corrected chi connectivity index (χ2v) is 2.49. The summed E-state index contributed by atoms with van der Waals surface area (Å²) < 4.78 is 5.14. The summed E-state index contributed by atoms with van der Waals surface area (Å²) in [4.78, 5) is 15.5. The van der Waals surface area contributed by atoms with Crippen molar-refractivity contribution in [3.05, 3.63) is 23.2 Å². The molecule has 1 heterocycles. The van der Waals surface area contributed by atoms with Crippen LogP contribution in [0.2, 0.25) is 0 Å². The number of nitrogens with one attached hydrogen (secondary N) is 1. The van der Waals surface area contributed by atoms with Gasteiger partial charge in [0.15, 0.2) is 5.76 Å². The Morgan fingerprint density at radius 2 is 2.25 bits per heavy atom. The van der Waals surface area contributed by atoms with Crippen LogP contribution in [0.25, 0.3) is 0 Å². The highest BCUT2D eigenvalue weighted by Gasteiger charge is 2.11. The summed E-state index contributed by atoms with van der Waals surface area (Å²) in [7, 11) is 1.38. The fourth-order valence-electron chi connectivity index (χ4n) is 0.828. The summed E-state index contributed by atoms with van der Waals surface area (Å²) in [6.45, 7) is 3.68. The number of amides is 1. The Hall–Kier alpha value is -1.29. The smallest absolute Gasteiger partial charge is 0.310 e. The van der Waals surface area contributed by atoms with Crippen molar-refractivity contribution in [1.82, 2.24) is 5.48 Å². The first-order valence-corrected chi connectivity index (χ1v) is 3.55. The molecule has 0 saturated carbocycles. The highest BCUT2D eigenvalue weighted by atomic mass is 16.6. The molecule has 0 unspecified atom stereocenters. The van der Waals surface area contributed by atoms with Gasteiger partial charge in [0.25, 0.3) is 0 Å². The highest BCUT2D eigenvalue weighted by molar-refractivity contribution is 5.90. The van der Waals surface area contributed by atoms with E-state index >= 15 is 0 Å². The zero-order valence-electron chi connectivity index (χ0n) is 7.30. The summed E-state index contributed by atoms with van der Waals surface area (Å²) in [5.74, 6) is 0.650. The van der Waals surface area contributed by atoms with Gasteiger partial charge in [0.2, 0.25) is 0 Å². The minimum atomic E-state index is -0.367. The third-order valence-electron chi connectivity index (χ3n) is 1.58. The van der Waals surface area contributed by atoms with Crippen LogP contribution in [0.5, 0.6) is 0 Å². The average molecular weight is 169 g/mol. The van der Waals surface area contributed by atoms with Gasteiger partial charge in [-0.1, -0.05) is 0 Å². The van der Waals surface area contributed by atoms with Crippen LogP contribution in [0.15, 0.2) is 10.5 Å². The average Bonchev–Trinajstić information content (AvgIpc) is 2.33. The predicted octanol–water partition coefficient (Wildman–Crippen LogP) is 1.19. The normalized spacial score (nSPS) is 9.92. The monoisotopic (exact) mass is 169 g/mol. The lowest BCUT2D eigenvalue weighted by molar-refractivity contribution is 0.0508. The largest absolute Gasteiger partial charge is 0.456 e. The zero-order chi connectivity index (χ0) is 9.14. The molecule has 0 saturated heterocycles. The number of carbonyl (C=O) groups excluding carboxylic acids is 1. The maximum Gasteiger partial charge on any atom is 0.310 e. The van der Waals surface area contributed by atoms with Crippen LogP contribution in [-0.4, -0.2) is 13.0 Å². The quantitative estimate of drug-likeness (QED) is 0.676. The molecule has 1 aromatic heterocycles. The minimum Gasteiger partial charge on any atom is -0.456 e. The highest BCUT2D eigenvalue weighted by Crippen LogP contribution is 2.12. The van der Waals surface area contributed by atoms with E-state index in [1.54, 1.807) is 13.0 Å². The lowest BCUT2D eigenvalue weighted by Gasteiger charge is -1.96. The van der Waals surface area contributed by atoms with Crippen molar-refractivity contribution in [3.8, 4) is 0 Å². The Labute approximate surface area is 70.5 Å². The van der Waals surface area contributed by atoms with Gasteiger partial charge in [-0.3, -0.25) is 9.63 Å². The number of aryl methyl sites for hydroxylation is 2. The van der Waals surface area contributed by atoms with Gasteiger partial charge in [-0.2, -0.15) is 0 Å². The van der Waals surface area contributed by atoms with Gasteiger partial charge < -0.3 is 4.42 Å². The van der Waals surface area contributed by atoms with Crippen molar-refractivity contribution in [2.24, 2.45) is 0 Å². The number of furan rings is 1. The lowest BCUT2D eigenvalue weighted by atomic mass is 10.3. The van der Waals surface area contributed by atoms with E-state index < -0.39 is 0 Å². The van der Waals surface area contributed by atoms with E-state index in [1.165, 1.54) is 7.11 Å². The van der Waals surface area contributed by atoms with E-state index in [2.05, 4.69) is 10.3 Å². The van der Waals surface area contributed by atoms with Crippen LogP contribution in [-0.2, 0) is 4.84 Å². The summed E-state index contributed by atoms with van der Waals surface area (Å²) in [5, 5.41) is 0. The molecule has 0 fully saturated rings. The molecule has 4 heteroatoms. The molecule has 0 aliphatic carbocycles. The molecule has 1 amide bonds. The van der Waals surface area contributed by atoms with Crippen molar-refractivity contribution < 1.29 is 14.0 Å². The van der Waals surface area contributed by atoms with Crippen molar-refractivity contribution in [2.45, 2.75) is 13.8 Å². The summed E-state index contributed by atoms with van der Waals surface area (Å²) in [6.07, 6.45) is 0. The van der Waals surface area contributed by atoms with Gasteiger partial charge in [0.05, 0.1) is 7.11 Å². The fourth-order valence-corrected chi connectivity index (χ4v) is 0.828.